The molecule has 1 saturated carbocycles. The molecule has 6 nitrogen and oxygen atoms in total. The highest BCUT2D eigenvalue weighted by atomic mass is 16.4. The van der Waals surface area contributed by atoms with Gasteiger partial charge in [-0.2, -0.15) is 0 Å². The third-order valence-corrected chi connectivity index (χ3v) is 3.83. The second kappa shape index (κ2) is 7.87. The predicted octanol–water partition coefficient (Wildman–Crippen LogP) is 1.05. The zero-order chi connectivity index (χ0) is 15.0. The summed E-state index contributed by atoms with van der Waals surface area (Å²) < 4.78 is 0. The molecule has 1 rings (SSSR count). The summed E-state index contributed by atoms with van der Waals surface area (Å²) in [6.45, 7) is 2.13. The summed E-state index contributed by atoms with van der Waals surface area (Å²) in [5, 5.41) is 14.4. The lowest BCUT2D eigenvalue weighted by molar-refractivity contribution is -0.140. The van der Waals surface area contributed by atoms with Gasteiger partial charge in [0.1, 0.15) is 0 Å². The Kier molecular flexibility index (Phi) is 6.48. The van der Waals surface area contributed by atoms with Gasteiger partial charge < -0.3 is 15.7 Å². The van der Waals surface area contributed by atoms with Gasteiger partial charge in [0, 0.05) is 26.4 Å². The van der Waals surface area contributed by atoms with Crippen molar-refractivity contribution >= 4 is 17.8 Å². The number of hydrogen-bond acceptors (Lipinski definition) is 3. The molecule has 1 fully saturated rings. The van der Waals surface area contributed by atoms with Crippen LogP contribution in [0.25, 0.3) is 0 Å². The number of carboxylic acids is 1. The van der Waals surface area contributed by atoms with Crippen LogP contribution in [-0.4, -0.2) is 36.0 Å². The molecule has 2 amide bonds. The van der Waals surface area contributed by atoms with E-state index in [-0.39, 0.29) is 30.1 Å². The number of hydrogen-bond donors (Lipinski definition) is 3. The first-order valence-electron chi connectivity index (χ1n) is 7.16. The lowest BCUT2D eigenvalue weighted by Crippen LogP contribution is -2.41. The van der Waals surface area contributed by atoms with Crippen molar-refractivity contribution in [3.05, 3.63) is 0 Å². The van der Waals surface area contributed by atoms with Crippen molar-refractivity contribution in [1.29, 1.82) is 0 Å². The third-order valence-electron chi connectivity index (χ3n) is 3.83. The molecule has 0 heterocycles. The van der Waals surface area contributed by atoms with Crippen molar-refractivity contribution in [2.45, 2.75) is 51.9 Å². The Morgan fingerprint density at radius 1 is 1.10 bits per heavy atom. The normalized spacial score (nSPS) is 17.2. The van der Waals surface area contributed by atoms with Crippen LogP contribution in [0.3, 0.4) is 0 Å². The van der Waals surface area contributed by atoms with E-state index in [1.54, 1.807) is 0 Å². The number of nitrogens with one attached hydrogen (secondary N) is 2. The fourth-order valence-corrected chi connectivity index (χ4v) is 2.77. The summed E-state index contributed by atoms with van der Waals surface area (Å²) in [5.74, 6) is -1.11. The van der Waals surface area contributed by atoms with Crippen LogP contribution >= 0.6 is 0 Å². The molecular formula is C14H24N2O4. The van der Waals surface area contributed by atoms with Crippen LogP contribution in [-0.2, 0) is 14.4 Å². The molecule has 114 valence electrons. The molecule has 0 unspecified atom stereocenters. The van der Waals surface area contributed by atoms with E-state index in [4.69, 9.17) is 5.11 Å². The zero-order valence-electron chi connectivity index (χ0n) is 12.0. The van der Waals surface area contributed by atoms with Gasteiger partial charge in [-0.15, -0.1) is 0 Å². The summed E-state index contributed by atoms with van der Waals surface area (Å²) in [5.41, 5.74) is -0.298. The van der Waals surface area contributed by atoms with E-state index in [2.05, 4.69) is 10.6 Å². The summed E-state index contributed by atoms with van der Waals surface area (Å²) >= 11 is 0. The maximum atomic E-state index is 11.7. The molecular weight excluding hydrogens is 260 g/mol. The van der Waals surface area contributed by atoms with Crippen molar-refractivity contribution in [2.24, 2.45) is 5.41 Å². The van der Waals surface area contributed by atoms with Gasteiger partial charge in [-0.05, 0) is 18.3 Å². The number of aliphatic carboxylic acids is 1. The summed E-state index contributed by atoms with van der Waals surface area (Å²) in [6, 6.07) is 0. The van der Waals surface area contributed by atoms with E-state index in [0.717, 1.165) is 32.1 Å². The topological polar surface area (TPSA) is 95.5 Å². The first-order valence-corrected chi connectivity index (χ1v) is 7.16. The van der Waals surface area contributed by atoms with Gasteiger partial charge in [0.15, 0.2) is 0 Å². The van der Waals surface area contributed by atoms with E-state index in [1.165, 1.54) is 6.92 Å². The first kappa shape index (κ1) is 16.5. The summed E-state index contributed by atoms with van der Waals surface area (Å²) in [6.07, 6.45) is 5.22. The minimum atomic E-state index is -0.806. The molecule has 0 atom stereocenters. The average Bonchev–Trinajstić information content (AvgIpc) is 2.36. The molecule has 0 aromatic carbocycles. The molecule has 0 aromatic rings. The fraction of sp³-hybridized carbons (Fsp3) is 0.786. The smallest absolute Gasteiger partial charge is 0.303 e. The average molecular weight is 284 g/mol. The molecule has 20 heavy (non-hydrogen) atoms. The van der Waals surface area contributed by atoms with E-state index in [1.807, 2.05) is 0 Å². The Balaban J connectivity index is 2.39. The van der Waals surface area contributed by atoms with Crippen LogP contribution in [0.15, 0.2) is 0 Å². The number of carboxylic acid groups (broad SMARTS) is 1. The van der Waals surface area contributed by atoms with Gasteiger partial charge >= 0.3 is 5.97 Å². The maximum absolute atomic E-state index is 11.7. The van der Waals surface area contributed by atoms with Crippen molar-refractivity contribution in [2.75, 3.05) is 13.1 Å². The fourth-order valence-electron chi connectivity index (χ4n) is 2.77. The number of rotatable bonds is 7. The number of carbonyl (C=O) groups is 3. The Morgan fingerprint density at radius 2 is 1.75 bits per heavy atom. The molecule has 1 aliphatic rings. The van der Waals surface area contributed by atoms with Crippen molar-refractivity contribution in [1.82, 2.24) is 10.6 Å². The lowest BCUT2D eigenvalue weighted by Gasteiger charge is -2.36. The van der Waals surface area contributed by atoms with Gasteiger partial charge in [0.25, 0.3) is 0 Å². The minimum Gasteiger partial charge on any atom is -0.481 e. The SMILES string of the molecule is CC(=O)NCCC(=O)NCC1(CC(=O)O)CCCCC1. The minimum absolute atomic E-state index is 0.110. The lowest BCUT2D eigenvalue weighted by atomic mass is 9.71. The monoisotopic (exact) mass is 284 g/mol. The molecule has 6 heteroatoms. The predicted molar refractivity (Wildman–Crippen MR) is 74.1 cm³/mol. The highest BCUT2D eigenvalue weighted by molar-refractivity contribution is 5.78. The number of amides is 2. The van der Waals surface area contributed by atoms with Crippen molar-refractivity contribution < 1.29 is 19.5 Å². The second-order valence-corrected chi connectivity index (χ2v) is 5.64. The van der Waals surface area contributed by atoms with Crippen molar-refractivity contribution in [3.8, 4) is 0 Å². The van der Waals surface area contributed by atoms with Crippen LogP contribution in [0, 0.1) is 5.41 Å². The van der Waals surface area contributed by atoms with Gasteiger partial charge in [0.2, 0.25) is 11.8 Å². The quantitative estimate of drug-likeness (QED) is 0.651. The van der Waals surface area contributed by atoms with Crippen LogP contribution in [0.1, 0.15) is 51.9 Å². The third kappa shape index (κ3) is 6.04. The molecule has 0 aromatic heterocycles. The second-order valence-electron chi connectivity index (χ2n) is 5.64. The van der Waals surface area contributed by atoms with Crippen molar-refractivity contribution in [3.63, 3.8) is 0 Å². The molecule has 0 saturated heterocycles. The Morgan fingerprint density at radius 3 is 2.30 bits per heavy atom. The summed E-state index contributed by atoms with van der Waals surface area (Å²) in [4.78, 5) is 33.4. The van der Waals surface area contributed by atoms with E-state index in [9.17, 15) is 14.4 Å². The van der Waals surface area contributed by atoms with Gasteiger partial charge in [-0.3, -0.25) is 14.4 Å². The Hall–Kier alpha value is -1.59. The van der Waals surface area contributed by atoms with E-state index in [0.29, 0.717) is 13.1 Å². The molecule has 0 radical (unpaired) electrons. The molecule has 1 aliphatic carbocycles. The van der Waals surface area contributed by atoms with Crippen LogP contribution < -0.4 is 10.6 Å². The van der Waals surface area contributed by atoms with Gasteiger partial charge in [-0.1, -0.05) is 19.3 Å². The maximum Gasteiger partial charge on any atom is 0.303 e. The van der Waals surface area contributed by atoms with E-state index < -0.39 is 5.97 Å². The zero-order valence-corrected chi connectivity index (χ0v) is 12.0. The van der Waals surface area contributed by atoms with Crippen LogP contribution in [0.5, 0.6) is 0 Å². The standard InChI is InChI=1S/C14H24N2O4/c1-11(17)15-8-5-12(18)16-10-14(9-13(19)20)6-3-2-4-7-14/h2-10H2,1H3,(H,15,17)(H,16,18)(H,19,20). The van der Waals surface area contributed by atoms with Crippen LogP contribution in [0.2, 0.25) is 0 Å². The van der Waals surface area contributed by atoms with Crippen LogP contribution in [0.4, 0.5) is 0 Å². The first-order chi connectivity index (χ1) is 9.43. The highest BCUT2D eigenvalue weighted by Crippen LogP contribution is 2.38. The largest absolute Gasteiger partial charge is 0.481 e. The Bertz CT molecular complexity index is 362. The number of carbonyl (C=O) groups excluding carboxylic acids is 2. The van der Waals surface area contributed by atoms with Gasteiger partial charge in [0.05, 0.1) is 6.42 Å². The molecule has 0 spiro atoms. The molecule has 0 bridgehead atoms. The van der Waals surface area contributed by atoms with E-state index >= 15 is 0 Å². The highest BCUT2D eigenvalue weighted by Gasteiger charge is 2.34. The molecule has 3 N–H and O–H groups in total. The summed E-state index contributed by atoms with van der Waals surface area (Å²) in [7, 11) is 0. The molecule has 0 aliphatic heterocycles. The van der Waals surface area contributed by atoms with Gasteiger partial charge in [-0.25, -0.2) is 0 Å². The Labute approximate surface area is 119 Å².